The molecule has 1 rings (SSSR count). The molecular weight excluding hydrogens is 178 g/mol. The molecule has 1 N–H and O–H groups in total. The normalized spacial score (nSPS) is 22.8. The summed E-state index contributed by atoms with van der Waals surface area (Å²) in [6.07, 6.45) is 6.53. The molecule has 14 heavy (non-hydrogen) atoms. The molecule has 0 amide bonds. The van der Waals surface area contributed by atoms with E-state index in [1.165, 1.54) is 12.8 Å². The van der Waals surface area contributed by atoms with Gasteiger partial charge < -0.3 is 10.1 Å². The highest BCUT2D eigenvalue weighted by Crippen LogP contribution is 2.09. The van der Waals surface area contributed by atoms with Crippen LogP contribution in [-0.2, 0) is 9.53 Å². The molecule has 1 aliphatic heterocycles. The molecule has 0 aliphatic carbocycles. The largest absolute Gasteiger partial charge is 0.465 e. The Labute approximate surface area is 86.2 Å². The van der Waals surface area contributed by atoms with E-state index >= 15 is 0 Å². The molecule has 82 valence electrons. The summed E-state index contributed by atoms with van der Waals surface area (Å²) in [7, 11) is 0. The molecule has 0 aromatic heterocycles. The van der Waals surface area contributed by atoms with Gasteiger partial charge in [-0.05, 0) is 25.8 Å². The third-order valence-electron chi connectivity index (χ3n) is 2.59. The minimum Gasteiger partial charge on any atom is -0.465 e. The Morgan fingerprint density at radius 3 is 3.07 bits per heavy atom. The van der Waals surface area contributed by atoms with Gasteiger partial charge in [0.1, 0.15) is 6.04 Å². The second kappa shape index (κ2) is 6.82. The summed E-state index contributed by atoms with van der Waals surface area (Å²) in [4.78, 5) is 11.5. The van der Waals surface area contributed by atoms with Crippen LogP contribution in [0.4, 0.5) is 0 Å². The number of ether oxygens (including phenoxy) is 1. The zero-order chi connectivity index (χ0) is 10.2. The summed E-state index contributed by atoms with van der Waals surface area (Å²) in [5, 5.41) is 3.23. The highest BCUT2D eigenvalue weighted by molar-refractivity contribution is 5.75. The average molecular weight is 199 g/mol. The number of unbranched alkanes of at least 4 members (excludes halogenated alkanes) is 1. The van der Waals surface area contributed by atoms with E-state index in [0.717, 1.165) is 32.2 Å². The minimum atomic E-state index is -0.0552. The summed E-state index contributed by atoms with van der Waals surface area (Å²) in [5.41, 5.74) is 0. The van der Waals surface area contributed by atoms with E-state index in [1.807, 2.05) is 0 Å². The fraction of sp³-hybridized carbons (Fsp3) is 0.909. The van der Waals surface area contributed by atoms with E-state index in [-0.39, 0.29) is 12.0 Å². The Hall–Kier alpha value is -0.570. The molecule has 1 heterocycles. The lowest BCUT2D eigenvalue weighted by Crippen LogP contribution is -2.37. The van der Waals surface area contributed by atoms with Gasteiger partial charge in [-0.2, -0.15) is 0 Å². The maximum atomic E-state index is 11.5. The standard InChI is InChI=1S/C11H21NO2/c1-2-3-9-14-11(13)10-7-5-4-6-8-12-10/h10,12H,2-9H2,1H3/t10-/m1/s1. The molecule has 0 saturated carbocycles. The van der Waals surface area contributed by atoms with Gasteiger partial charge in [-0.25, -0.2) is 0 Å². The zero-order valence-corrected chi connectivity index (χ0v) is 9.05. The topological polar surface area (TPSA) is 38.3 Å². The quantitative estimate of drug-likeness (QED) is 0.555. The fourth-order valence-corrected chi connectivity index (χ4v) is 1.65. The van der Waals surface area contributed by atoms with E-state index in [9.17, 15) is 4.79 Å². The summed E-state index contributed by atoms with van der Waals surface area (Å²) >= 11 is 0. The van der Waals surface area contributed by atoms with Crippen molar-refractivity contribution < 1.29 is 9.53 Å². The number of hydrogen-bond donors (Lipinski definition) is 1. The molecule has 1 atom stereocenters. The predicted octanol–water partition coefficient (Wildman–Crippen LogP) is 1.86. The lowest BCUT2D eigenvalue weighted by atomic mass is 10.1. The van der Waals surface area contributed by atoms with Crippen molar-refractivity contribution >= 4 is 5.97 Å². The number of nitrogens with one attached hydrogen (secondary N) is 1. The highest BCUT2D eigenvalue weighted by Gasteiger charge is 2.20. The van der Waals surface area contributed by atoms with Crippen molar-refractivity contribution in [2.75, 3.05) is 13.2 Å². The molecule has 0 aromatic carbocycles. The summed E-state index contributed by atoms with van der Waals surface area (Å²) < 4.78 is 5.18. The van der Waals surface area contributed by atoms with E-state index in [2.05, 4.69) is 12.2 Å². The van der Waals surface area contributed by atoms with Gasteiger partial charge in [0, 0.05) is 0 Å². The molecule has 1 saturated heterocycles. The van der Waals surface area contributed by atoms with Gasteiger partial charge in [0.2, 0.25) is 0 Å². The van der Waals surface area contributed by atoms with Gasteiger partial charge in [0.05, 0.1) is 6.61 Å². The van der Waals surface area contributed by atoms with Crippen molar-refractivity contribution in [3.8, 4) is 0 Å². The van der Waals surface area contributed by atoms with Crippen molar-refractivity contribution in [1.29, 1.82) is 0 Å². The van der Waals surface area contributed by atoms with E-state index in [1.54, 1.807) is 0 Å². The molecule has 0 radical (unpaired) electrons. The monoisotopic (exact) mass is 199 g/mol. The maximum Gasteiger partial charge on any atom is 0.323 e. The Bertz CT molecular complexity index is 163. The van der Waals surface area contributed by atoms with Gasteiger partial charge in [0.15, 0.2) is 0 Å². The number of carbonyl (C=O) groups excluding carboxylic acids is 1. The van der Waals surface area contributed by atoms with Gasteiger partial charge in [-0.15, -0.1) is 0 Å². The summed E-state index contributed by atoms with van der Waals surface area (Å²) in [6.45, 7) is 3.62. The van der Waals surface area contributed by atoms with Crippen LogP contribution >= 0.6 is 0 Å². The highest BCUT2D eigenvalue weighted by atomic mass is 16.5. The van der Waals surface area contributed by atoms with Crippen LogP contribution in [0.3, 0.4) is 0 Å². The van der Waals surface area contributed by atoms with Crippen LogP contribution < -0.4 is 5.32 Å². The Morgan fingerprint density at radius 1 is 1.43 bits per heavy atom. The molecule has 0 aromatic rings. The first-order chi connectivity index (χ1) is 6.84. The Morgan fingerprint density at radius 2 is 2.29 bits per heavy atom. The lowest BCUT2D eigenvalue weighted by Gasteiger charge is -2.14. The lowest BCUT2D eigenvalue weighted by molar-refractivity contribution is -0.146. The molecule has 1 fully saturated rings. The van der Waals surface area contributed by atoms with E-state index < -0.39 is 0 Å². The van der Waals surface area contributed by atoms with Crippen molar-refractivity contribution in [3.63, 3.8) is 0 Å². The smallest absolute Gasteiger partial charge is 0.323 e. The van der Waals surface area contributed by atoms with Gasteiger partial charge in [0.25, 0.3) is 0 Å². The fourth-order valence-electron chi connectivity index (χ4n) is 1.65. The second-order valence-electron chi connectivity index (χ2n) is 3.88. The Kier molecular flexibility index (Phi) is 5.60. The average Bonchev–Trinajstić information content (AvgIpc) is 2.46. The second-order valence-corrected chi connectivity index (χ2v) is 3.88. The molecule has 0 spiro atoms. The van der Waals surface area contributed by atoms with Crippen LogP contribution in [0.25, 0.3) is 0 Å². The first-order valence-electron chi connectivity index (χ1n) is 5.74. The van der Waals surface area contributed by atoms with Gasteiger partial charge in [-0.3, -0.25) is 4.79 Å². The molecule has 0 bridgehead atoms. The van der Waals surface area contributed by atoms with Crippen LogP contribution in [0.5, 0.6) is 0 Å². The molecular formula is C11H21NO2. The minimum absolute atomic E-state index is 0.0469. The number of rotatable bonds is 4. The van der Waals surface area contributed by atoms with Gasteiger partial charge in [-0.1, -0.05) is 26.2 Å². The van der Waals surface area contributed by atoms with Crippen molar-refractivity contribution in [2.24, 2.45) is 0 Å². The zero-order valence-electron chi connectivity index (χ0n) is 9.05. The number of carbonyl (C=O) groups is 1. The molecule has 3 heteroatoms. The van der Waals surface area contributed by atoms with E-state index in [0.29, 0.717) is 6.61 Å². The third-order valence-corrected chi connectivity index (χ3v) is 2.59. The first kappa shape index (κ1) is 11.5. The molecule has 1 aliphatic rings. The van der Waals surface area contributed by atoms with Gasteiger partial charge >= 0.3 is 5.97 Å². The molecule has 0 unspecified atom stereocenters. The summed E-state index contributed by atoms with van der Waals surface area (Å²) in [5.74, 6) is -0.0552. The van der Waals surface area contributed by atoms with Crippen molar-refractivity contribution in [2.45, 2.75) is 51.5 Å². The SMILES string of the molecule is CCCCOC(=O)[C@H]1CCCCCN1. The predicted molar refractivity (Wildman–Crippen MR) is 56.1 cm³/mol. The third kappa shape index (κ3) is 4.09. The van der Waals surface area contributed by atoms with Crippen molar-refractivity contribution in [1.82, 2.24) is 5.32 Å². The summed E-state index contributed by atoms with van der Waals surface area (Å²) in [6, 6.07) is -0.0469. The maximum absolute atomic E-state index is 11.5. The van der Waals surface area contributed by atoms with Crippen molar-refractivity contribution in [3.05, 3.63) is 0 Å². The molecule has 3 nitrogen and oxygen atoms in total. The van der Waals surface area contributed by atoms with Crippen LogP contribution in [0, 0.1) is 0 Å². The van der Waals surface area contributed by atoms with Crippen LogP contribution in [-0.4, -0.2) is 25.2 Å². The van der Waals surface area contributed by atoms with E-state index in [4.69, 9.17) is 4.74 Å². The number of esters is 1. The first-order valence-corrected chi connectivity index (χ1v) is 5.74. The Balaban J connectivity index is 2.20. The number of hydrogen-bond acceptors (Lipinski definition) is 3. The van der Waals surface area contributed by atoms with Crippen LogP contribution in [0.2, 0.25) is 0 Å². The van der Waals surface area contributed by atoms with Crippen LogP contribution in [0.15, 0.2) is 0 Å². The van der Waals surface area contributed by atoms with Crippen LogP contribution in [0.1, 0.15) is 45.4 Å².